The van der Waals surface area contributed by atoms with Crippen LogP contribution in [0.1, 0.15) is 0 Å². The van der Waals surface area contributed by atoms with Gasteiger partial charge in [0.2, 0.25) is 0 Å². The maximum absolute atomic E-state index is 13.4. The molecule has 0 aliphatic carbocycles. The second-order valence-electron chi connectivity index (χ2n) is 4.01. The molecule has 0 bridgehead atoms. The van der Waals surface area contributed by atoms with E-state index >= 15 is 0 Å². The third-order valence-corrected chi connectivity index (χ3v) is 3.09. The van der Waals surface area contributed by atoms with Crippen LogP contribution in [0, 0.1) is 5.82 Å². The van der Waals surface area contributed by atoms with Gasteiger partial charge in [-0.15, -0.1) is 0 Å². The van der Waals surface area contributed by atoms with Crippen molar-refractivity contribution in [3.8, 4) is 11.5 Å². The summed E-state index contributed by atoms with van der Waals surface area (Å²) in [6.07, 6.45) is 0. The molecule has 0 fully saturated rings. The normalized spacial score (nSPS) is 10.2. The summed E-state index contributed by atoms with van der Waals surface area (Å²) in [6.45, 7) is 0. The van der Waals surface area contributed by atoms with E-state index in [2.05, 4.69) is 5.32 Å². The molecule has 0 aliphatic rings. The Labute approximate surface area is 121 Å². The molecule has 0 spiro atoms. The lowest BCUT2D eigenvalue weighted by molar-refractivity contribution is 0.405. The van der Waals surface area contributed by atoms with E-state index in [1.54, 1.807) is 24.3 Å². The summed E-state index contributed by atoms with van der Waals surface area (Å²) >= 11 is 6.02. The lowest BCUT2D eigenvalue weighted by atomic mass is 10.2. The van der Waals surface area contributed by atoms with Crippen LogP contribution in [0.25, 0.3) is 0 Å². The third-order valence-electron chi connectivity index (χ3n) is 2.80. The van der Waals surface area contributed by atoms with Crippen LogP contribution in [-0.2, 0) is 0 Å². The first-order valence-corrected chi connectivity index (χ1v) is 6.17. The molecule has 0 saturated carbocycles. The Morgan fingerprint density at radius 3 is 2.45 bits per heavy atom. The number of nitrogen functional groups attached to an aromatic ring is 1. The van der Waals surface area contributed by atoms with Gasteiger partial charge in [0.05, 0.1) is 36.3 Å². The molecule has 6 heteroatoms. The third kappa shape index (κ3) is 2.72. The lowest BCUT2D eigenvalue weighted by Crippen LogP contribution is -2.01. The Morgan fingerprint density at radius 1 is 1.10 bits per heavy atom. The second-order valence-corrected chi connectivity index (χ2v) is 4.42. The molecule has 0 unspecified atom stereocenters. The maximum atomic E-state index is 13.4. The van der Waals surface area contributed by atoms with Crippen LogP contribution in [0.2, 0.25) is 5.02 Å². The van der Waals surface area contributed by atoms with Gasteiger partial charge in [-0.3, -0.25) is 0 Å². The van der Waals surface area contributed by atoms with Crippen LogP contribution in [-0.4, -0.2) is 14.2 Å². The lowest BCUT2D eigenvalue weighted by Gasteiger charge is -2.15. The van der Waals surface area contributed by atoms with Gasteiger partial charge in [0.1, 0.15) is 17.3 Å². The highest BCUT2D eigenvalue weighted by atomic mass is 35.5. The SMILES string of the molecule is COc1cc(Nc2cccc(F)c2N)c(OC)cc1Cl. The number of benzene rings is 2. The number of nitrogens with one attached hydrogen (secondary N) is 1. The minimum atomic E-state index is -0.491. The van der Waals surface area contributed by atoms with Gasteiger partial charge in [-0.1, -0.05) is 17.7 Å². The molecule has 4 nitrogen and oxygen atoms in total. The van der Waals surface area contributed by atoms with E-state index in [4.69, 9.17) is 26.8 Å². The zero-order valence-electron chi connectivity index (χ0n) is 11.0. The molecule has 0 saturated heterocycles. The predicted molar refractivity (Wildman–Crippen MR) is 78.7 cm³/mol. The topological polar surface area (TPSA) is 56.5 Å². The molecule has 106 valence electrons. The second kappa shape index (κ2) is 5.88. The number of hydrogen-bond acceptors (Lipinski definition) is 4. The van der Waals surface area contributed by atoms with Crippen molar-refractivity contribution in [3.05, 3.63) is 41.2 Å². The standard InChI is InChI=1S/C14H14ClFN2O2/c1-19-12-7-11(13(20-2)6-8(12)15)18-10-5-3-4-9(16)14(10)17/h3-7,18H,17H2,1-2H3. The van der Waals surface area contributed by atoms with Crippen molar-refractivity contribution in [1.29, 1.82) is 0 Å². The zero-order chi connectivity index (χ0) is 14.7. The van der Waals surface area contributed by atoms with Crippen molar-refractivity contribution in [2.24, 2.45) is 0 Å². The molecule has 2 aromatic rings. The van der Waals surface area contributed by atoms with Crippen molar-refractivity contribution in [2.45, 2.75) is 0 Å². The number of ether oxygens (including phenoxy) is 2. The van der Waals surface area contributed by atoms with Crippen LogP contribution in [0.3, 0.4) is 0 Å². The molecular formula is C14H14ClFN2O2. The molecule has 20 heavy (non-hydrogen) atoms. The molecule has 0 radical (unpaired) electrons. The fourth-order valence-electron chi connectivity index (χ4n) is 1.75. The number of rotatable bonds is 4. The van der Waals surface area contributed by atoms with E-state index in [0.717, 1.165) is 0 Å². The summed E-state index contributed by atoms with van der Waals surface area (Å²) in [4.78, 5) is 0. The first-order chi connectivity index (χ1) is 9.56. The highest BCUT2D eigenvalue weighted by molar-refractivity contribution is 6.32. The van der Waals surface area contributed by atoms with Crippen molar-refractivity contribution >= 4 is 28.7 Å². The fraction of sp³-hybridized carbons (Fsp3) is 0.143. The van der Waals surface area contributed by atoms with Crippen LogP contribution < -0.4 is 20.5 Å². The maximum Gasteiger partial charge on any atom is 0.148 e. The largest absolute Gasteiger partial charge is 0.495 e. The molecule has 2 rings (SSSR count). The molecule has 0 aliphatic heterocycles. The van der Waals surface area contributed by atoms with E-state index in [9.17, 15) is 4.39 Å². The Hall–Kier alpha value is -2.14. The Kier molecular flexibility index (Phi) is 4.20. The van der Waals surface area contributed by atoms with E-state index in [1.807, 2.05) is 0 Å². The first-order valence-electron chi connectivity index (χ1n) is 5.79. The molecular weight excluding hydrogens is 283 g/mol. The highest BCUT2D eigenvalue weighted by Crippen LogP contribution is 2.38. The highest BCUT2D eigenvalue weighted by Gasteiger charge is 2.12. The summed E-state index contributed by atoms with van der Waals surface area (Å²) in [5.74, 6) is 0.485. The minimum absolute atomic E-state index is 0.0310. The van der Waals surface area contributed by atoms with Crippen LogP contribution in [0.4, 0.5) is 21.5 Å². The minimum Gasteiger partial charge on any atom is -0.495 e. The number of hydrogen-bond donors (Lipinski definition) is 2. The van der Waals surface area contributed by atoms with Crippen LogP contribution in [0.15, 0.2) is 30.3 Å². The summed E-state index contributed by atoms with van der Waals surface area (Å²) in [5, 5.41) is 3.42. The van der Waals surface area contributed by atoms with Crippen LogP contribution >= 0.6 is 11.6 Å². The summed E-state index contributed by atoms with van der Waals surface area (Å²) in [6, 6.07) is 7.79. The first kappa shape index (κ1) is 14.3. The average molecular weight is 297 g/mol. The summed E-state index contributed by atoms with van der Waals surface area (Å²) < 4.78 is 23.8. The van der Waals surface area contributed by atoms with Gasteiger partial charge >= 0.3 is 0 Å². The van der Waals surface area contributed by atoms with Crippen molar-refractivity contribution in [2.75, 3.05) is 25.3 Å². The zero-order valence-corrected chi connectivity index (χ0v) is 11.8. The molecule has 0 heterocycles. The van der Waals surface area contributed by atoms with Crippen molar-refractivity contribution in [1.82, 2.24) is 0 Å². The monoisotopic (exact) mass is 296 g/mol. The van der Waals surface area contributed by atoms with Crippen molar-refractivity contribution < 1.29 is 13.9 Å². The Morgan fingerprint density at radius 2 is 1.80 bits per heavy atom. The van der Waals surface area contributed by atoms with E-state index < -0.39 is 5.82 Å². The predicted octanol–water partition coefficient (Wildman–Crippen LogP) is 3.82. The van der Waals surface area contributed by atoms with Gasteiger partial charge < -0.3 is 20.5 Å². The quantitative estimate of drug-likeness (QED) is 0.842. The van der Waals surface area contributed by atoms with Crippen molar-refractivity contribution in [3.63, 3.8) is 0 Å². The van der Waals surface area contributed by atoms with Gasteiger partial charge in [0.15, 0.2) is 0 Å². The van der Waals surface area contributed by atoms with Gasteiger partial charge in [0, 0.05) is 12.1 Å². The number of nitrogens with two attached hydrogens (primary N) is 1. The smallest absolute Gasteiger partial charge is 0.148 e. The number of methoxy groups -OCH3 is 2. The van der Waals surface area contributed by atoms with E-state index in [0.29, 0.717) is 27.9 Å². The number of halogens is 2. The summed E-state index contributed by atoms with van der Waals surface area (Å²) in [7, 11) is 3.02. The van der Waals surface area contributed by atoms with Crippen LogP contribution in [0.5, 0.6) is 11.5 Å². The van der Waals surface area contributed by atoms with Gasteiger partial charge in [-0.2, -0.15) is 0 Å². The summed E-state index contributed by atoms with van der Waals surface area (Å²) in [5.41, 5.74) is 6.73. The number of anilines is 3. The molecule has 0 aromatic heterocycles. The molecule has 3 N–H and O–H groups in total. The van der Waals surface area contributed by atoms with Gasteiger partial charge in [0.25, 0.3) is 0 Å². The molecule has 2 aromatic carbocycles. The molecule has 0 amide bonds. The average Bonchev–Trinajstić information content (AvgIpc) is 2.45. The fourth-order valence-corrected chi connectivity index (χ4v) is 1.98. The van der Waals surface area contributed by atoms with Gasteiger partial charge in [-0.25, -0.2) is 4.39 Å². The van der Waals surface area contributed by atoms with E-state index in [1.165, 1.54) is 20.3 Å². The van der Waals surface area contributed by atoms with Gasteiger partial charge in [-0.05, 0) is 12.1 Å². The van der Waals surface area contributed by atoms with E-state index in [-0.39, 0.29) is 5.69 Å². The Bertz CT molecular complexity index is 635. The number of para-hydroxylation sites is 1. The Balaban J connectivity index is 2.44. The molecule has 0 atom stereocenters.